The molecule has 5 aliphatic rings. The number of allylic oxidation sites excluding steroid dienone is 6. The summed E-state index contributed by atoms with van der Waals surface area (Å²) in [6, 6.07) is -1.23. The molecule has 0 radical (unpaired) electrons. The number of ketones is 3. The van der Waals surface area contributed by atoms with Crippen LogP contribution in [0.1, 0.15) is 151 Å². The number of aliphatic hydroxyl groups is 2. The number of hydrogen-bond donors (Lipinski definition) is 2. The lowest BCUT2D eigenvalue weighted by Gasteiger charge is -2.42. The van der Waals surface area contributed by atoms with Gasteiger partial charge in [-0.1, -0.05) is 71.1 Å². The molecule has 0 aromatic carbocycles. The fourth-order valence-electron chi connectivity index (χ4n) is 11.8. The summed E-state index contributed by atoms with van der Waals surface area (Å²) in [6.45, 7) is 12.3. The highest BCUT2D eigenvalue weighted by Gasteiger charge is 2.53. The van der Waals surface area contributed by atoms with E-state index in [-0.39, 0.29) is 87.3 Å². The van der Waals surface area contributed by atoms with Crippen molar-refractivity contribution in [2.24, 2.45) is 35.5 Å². The average molecular weight is 1160 g/mol. The van der Waals surface area contributed by atoms with Gasteiger partial charge >= 0.3 is 17.9 Å². The van der Waals surface area contributed by atoms with E-state index in [1.807, 2.05) is 51.2 Å². The summed E-state index contributed by atoms with van der Waals surface area (Å²) in [5.74, 6) is -12.6. The molecule has 82 heavy (non-hydrogen) atoms. The second kappa shape index (κ2) is 32.1. The van der Waals surface area contributed by atoms with Crippen LogP contribution >= 0.6 is 0 Å². The Balaban J connectivity index is 1.51. The van der Waals surface area contributed by atoms with Crippen molar-refractivity contribution in [2.75, 3.05) is 41.1 Å². The van der Waals surface area contributed by atoms with E-state index < -0.39 is 126 Å². The van der Waals surface area contributed by atoms with Crippen molar-refractivity contribution in [2.45, 2.75) is 206 Å². The molecule has 1 saturated carbocycles. The standard InChI is InChI=1S/C61H90N2O19/c1-36-16-12-11-13-17-37(2)48(75-8)34-44-21-19-42(7)61(74,81-44)58(71)59(72)62-27-15-14-18-45(62)60(73)79-49(39(4)32-43-20-22-47(78-29-28-64)50(33-43)76-9)35-46(65)38(3)31-41(6)56(57(77-10)55(70)40(5)30-36)80-53(68)25-26-54(69)82-63-51(66)23-24-52(63)67/h11-13,16-17,31,36,38-40,42-45,47-50,56-57,64,74H,14-15,18-30,32-35H2,1-10H3/b13-11?,16-12+,37-17?,41-31+/t36-,38-,39-,40-,42-,43+,44+,45+,47-,48+,49+,50-,56-,57+,61-/m1/s1. The quantitative estimate of drug-likeness (QED) is 0.0856. The number of fused-ring (bicyclic) bond motifs is 3. The number of imide groups is 1. The van der Waals surface area contributed by atoms with Crippen molar-refractivity contribution in [1.82, 2.24) is 9.96 Å². The first-order chi connectivity index (χ1) is 39.0. The van der Waals surface area contributed by atoms with Crippen molar-refractivity contribution in [3.05, 3.63) is 47.6 Å². The van der Waals surface area contributed by atoms with Crippen molar-refractivity contribution < 1.29 is 91.4 Å². The zero-order valence-corrected chi connectivity index (χ0v) is 49.7. The highest BCUT2D eigenvalue weighted by atomic mass is 16.7. The first kappa shape index (κ1) is 67.5. The van der Waals surface area contributed by atoms with Gasteiger partial charge in [0.1, 0.15) is 17.9 Å². The first-order valence-corrected chi connectivity index (χ1v) is 29.3. The molecule has 0 unspecified atom stereocenters. The minimum atomic E-state index is -2.49. The summed E-state index contributed by atoms with van der Waals surface area (Å²) in [4.78, 5) is 129. The zero-order chi connectivity index (χ0) is 60.4. The Kier molecular flexibility index (Phi) is 26.4. The number of rotatable bonds is 14. The highest BCUT2D eigenvalue weighted by molar-refractivity contribution is 6.39. The maximum absolute atomic E-state index is 14.7. The van der Waals surface area contributed by atoms with Gasteiger partial charge in [0.2, 0.25) is 5.79 Å². The van der Waals surface area contributed by atoms with E-state index in [1.165, 1.54) is 7.11 Å². The number of amides is 3. The lowest BCUT2D eigenvalue weighted by molar-refractivity contribution is -0.265. The monoisotopic (exact) mass is 1150 g/mol. The summed E-state index contributed by atoms with van der Waals surface area (Å²) < 4.78 is 41.9. The molecule has 3 amide bonds. The van der Waals surface area contributed by atoms with Crippen molar-refractivity contribution in [3.8, 4) is 0 Å². The van der Waals surface area contributed by atoms with E-state index in [4.69, 9.17) is 38.0 Å². The van der Waals surface area contributed by atoms with Crippen LogP contribution in [0, 0.1) is 35.5 Å². The second-order valence-corrected chi connectivity index (χ2v) is 23.2. The smallest absolute Gasteiger partial charge is 0.333 e. The molecule has 4 aliphatic heterocycles. The number of methoxy groups -OCH3 is 3. The average Bonchev–Trinajstić information content (AvgIpc) is 2.92. The number of esters is 2. The Morgan fingerprint density at radius 3 is 2.17 bits per heavy atom. The van der Waals surface area contributed by atoms with E-state index in [9.17, 15) is 53.4 Å². The Morgan fingerprint density at radius 2 is 1.50 bits per heavy atom. The third-order valence-corrected chi connectivity index (χ3v) is 16.8. The molecule has 2 bridgehead atoms. The second-order valence-electron chi connectivity index (χ2n) is 23.2. The molecule has 1 aliphatic carbocycles. The van der Waals surface area contributed by atoms with Crippen LogP contribution in [0.5, 0.6) is 0 Å². The maximum Gasteiger partial charge on any atom is 0.333 e. The lowest BCUT2D eigenvalue weighted by atomic mass is 9.78. The fraction of sp³-hybridized carbons (Fsp3) is 0.721. The zero-order valence-electron chi connectivity index (χ0n) is 49.7. The van der Waals surface area contributed by atoms with E-state index in [0.717, 1.165) is 16.9 Å². The number of carbonyl (C=O) groups is 9. The van der Waals surface area contributed by atoms with Crippen LogP contribution in [0.25, 0.3) is 0 Å². The van der Waals surface area contributed by atoms with Crippen molar-refractivity contribution >= 4 is 53.0 Å². The topological polar surface area (TPSA) is 274 Å². The van der Waals surface area contributed by atoms with Gasteiger partial charge in [-0.25, -0.2) is 9.59 Å². The first-order valence-electron chi connectivity index (χ1n) is 29.3. The van der Waals surface area contributed by atoms with E-state index in [1.54, 1.807) is 48.0 Å². The summed E-state index contributed by atoms with van der Waals surface area (Å²) in [6.07, 6.45) is 8.70. The molecule has 21 nitrogen and oxygen atoms in total. The molecule has 15 atom stereocenters. The number of piperidine rings is 1. The molecular weight excluding hydrogens is 1060 g/mol. The maximum atomic E-state index is 14.7. The molecule has 458 valence electrons. The van der Waals surface area contributed by atoms with Crippen LogP contribution in [0.15, 0.2) is 47.6 Å². The van der Waals surface area contributed by atoms with Gasteiger partial charge in [0.25, 0.3) is 23.5 Å². The number of aliphatic hydroxyl groups excluding tert-OH is 1. The van der Waals surface area contributed by atoms with Crippen LogP contribution in [-0.4, -0.2) is 169 Å². The number of ether oxygens (including phenoxy) is 7. The highest BCUT2D eigenvalue weighted by Crippen LogP contribution is 2.38. The van der Waals surface area contributed by atoms with Gasteiger partial charge in [-0.3, -0.25) is 33.6 Å². The minimum Gasteiger partial charge on any atom is -0.460 e. The largest absolute Gasteiger partial charge is 0.460 e. The van der Waals surface area contributed by atoms with Crippen molar-refractivity contribution in [1.29, 1.82) is 0 Å². The number of carbonyl (C=O) groups excluding carboxylic acids is 9. The molecule has 0 aromatic rings. The minimum absolute atomic E-state index is 0.0238. The van der Waals surface area contributed by atoms with Crippen LogP contribution in [0.2, 0.25) is 0 Å². The molecular formula is C61H90N2O19. The van der Waals surface area contributed by atoms with E-state index in [2.05, 4.69) is 0 Å². The molecule has 2 N–H and O–H groups in total. The normalized spacial score (nSPS) is 34.3. The van der Waals surface area contributed by atoms with Crippen molar-refractivity contribution in [3.63, 3.8) is 0 Å². The predicted molar refractivity (Wildman–Crippen MR) is 296 cm³/mol. The molecule has 21 heteroatoms. The summed E-state index contributed by atoms with van der Waals surface area (Å²) in [5.41, 5.74) is 1.08. The van der Waals surface area contributed by atoms with Crippen LogP contribution < -0.4 is 0 Å². The molecule has 0 aromatic heterocycles. The Bertz CT molecular complexity index is 2370. The summed E-state index contributed by atoms with van der Waals surface area (Å²) in [5, 5.41) is 21.9. The number of nitrogens with zero attached hydrogens (tertiary/aromatic N) is 2. The molecule has 0 spiro atoms. The van der Waals surface area contributed by atoms with Gasteiger partial charge in [0.05, 0.1) is 50.5 Å². The molecule has 4 fully saturated rings. The predicted octanol–water partition coefficient (Wildman–Crippen LogP) is 6.14. The Labute approximate surface area is 482 Å². The van der Waals surface area contributed by atoms with Gasteiger partial charge in [0.15, 0.2) is 18.0 Å². The lowest BCUT2D eigenvalue weighted by Crippen LogP contribution is -2.61. The fourth-order valence-corrected chi connectivity index (χ4v) is 11.8. The Hall–Kier alpha value is -5.29. The molecule has 3 saturated heterocycles. The molecule has 5 rings (SSSR count). The van der Waals surface area contributed by atoms with Gasteiger partial charge in [0, 0.05) is 71.3 Å². The Morgan fingerprint density at radius 1 is 0.793 bits per heavy atom. The van der Waals surface area contributed by atoms with E-state index in [0.29, 0.717) is 56.4 Å². The van der Waals surface area contributed by atoms with Crippen LogP contribution in [0.4, 0.5) is 0 Å². The molecule has 4 heterocycles. The third kappa shape index (κ3) is 18.4. The van der Waals surface area contributed by atoms with Crippen LogP contribution in [-0.2, 0) is 81.1 Å². The number of Topliss-reactive ketones (excluding diaryl/α,β-unsaturated/α-hetero) is 3. The number of hydrogen-bond acceptors (Lipinski definition) is 19. The summed E-state index contributed by atoms with van der Waals surface area (Å²) in [7, 11) is 4.44. The van der Waals surface area contributed by atoms with Gasteiger partial charge in [-0.2, -0.15) is 0 Å². The third-order valence-electron chi connectivity index (χ3n) is 16.8. The number of cyclic esters (lactones) is 1. The van der Waals surface area contributed by atoms with Crippen LogP contribution in [0.3, 0.4) is 0 Å². The summed E-state index contributed by atoms with van der Waals surface area (Å²) >= 11 is 0. The van der Waals surface area contributed by atoms with Gasteiger partial charge in [-0.05, 0) is 107 Å². The van der Waals surface area contributed by atoms with E-state index >= 15 is 0 Å². The number of hydroxylamine groups is 2. The SMILES string of the molecule is CO[C@H]1C[C@@H]2CC[C@@H](C)[C@@](O)(O2)C(=O)C(=O)N2CCCC[C@H]2C(=O)O[C@H]([C@H](C)C[C@@H]2CC[C@@H](OCCO)[C@H](OC)C2)CC(=O)[C@H](C)/C=C(\C)[C@@H](OC(=O)CCC(=O)ON2C(=O)CCC2=O)[C@@H](OC)C(=O)[C@H](C)C[C@H](C)/C=C/C=CC=C1C. The van der Waals surface area contributed by atoms with Gasteiger partial charge in [-0.15, -0.1) is 5.06 Å². The van der Waals surface area contributed by atoms with Gasteiger partial charge < -0.3 is 53.1 Å².